The van der Waals surface area contributed by atoms with Crippen LogP contribution >= 0.6 is 0 Å². The van der Waals surface area contributed by atoms with E-state index in [1.54, 1.807) is 43.3 Å². The summed E-state index contributed by atoms with van der Waals surface area (Å²) in [5.74, 6) is -1.22. The standard InChI is InChI=1S/C21H19N3O4/c1-13-7-9-14(10-8-13)21(2)19(27)24(20(28)22-21)12-11-23-17(25)15-5-3-4-6-16(15)18(23)26/h3-10H,11-12H2,1-2H3,(H,22,28). The number of rotatable bonds is 4. The highest BCUT2D eigenvalue weighted by Crippen LogP contribution is 2.29. The predicted octanol–water partition coefficient (Wildman–Crippen LogP) is 2.06. The minimum Gasteiger partial charge on any atom is -0.319 e. The Bertz CT molecular complexity index is 980. The van der Waals surface area contributed by atoms with Gasteiger partial charge < -0.3 is 5.32 Å². The summed E-state index contributed by atoms with van der Waals surface area (Å²) in [6.07, 6.45) is 0. The van der Waals surface area contributed by atoms with Crippen LogP contribution in [0.25, 0.3) is 0 Å². The number of hydrogen-bond acceptors (Lipinski definition) is 4. The van der Waals surface area contributed by atoms with Gasteiger partial charge in [0, 0.05) is 13.1 Å². The molecule has 5 amide bonds. The van der Waals surface area contributed by atoms with Crippen LogP contribution < -0.4 is 5.32 Å². The third-order valence-electron chi connectivity index (χ3n) is 5.33. The van der Waals surface area contributed by atoms with Gasteiger partial charge in [-0.3, -0.25) is 24.2 Å². The van der Waals surface area contributed by atoms with Gasteiger partial charge in [-0.05, 0) is 31.5 Å². The van der Waals surface area contributed by atoms with Crippen LogP contribution in [0.1, 0.15) is 38.8 Å². The number of aryl methyl sites for hydroxylation is 1. The maximum absolute atomic E-state index is 13.0. The Balaban J connectivity index is 1.51. The molecule has 1 saturated heterocycles. The first-order valence-electron chi connectivity index (χ1n) is 8.99. The number of benzene rings is 2. The normalized spacial score (nSPS) is 21.4. The van der Waals surface area contributed by atoms with Crippen molar-refractivity contribution in [1.82, 2.24) is 15.1 Å². The fraction of sp³-hybridized carbons (Fsp3) is 0.238. The minimum atomic E-state index is -1.17. The summed E-state index contributed by atoms with van der Waals surface area (Å²) in [6, 6.07) is 13.4. The summed E-state index contributed by atoms with van der Waals surface area (Å²) in [5, 5.41) is 2.73. The van der Waals surface area contributed by atoms with Crippen molar-refractivity contribution in [2.45, 2.75) is 19.4 Å². The zero-order valence-corrected chi connectivity index (χ0v) is 15.6. The van der Waals surface area contributed by atoms with Gasteiger partial charge in [0.1, 0.15) is 5.54 Å². The topological polar surface area (TPSA) is 86.8 Å². The number of fused-ring (bicyclic) bond motifs is 1. The van der Waals surface area contributed by atoms with Crippen molar-refractivity contribution in [3.05, 3.63) is 70.8 Å². The van der Waals surface area contributed by atoms with Gasteiger partial charge in [-0.1, -0.05) is 42.0 Å². The van der Waals surface area contributed by atoms with Gasteiger partial charge in [0.05, 0.1) is 11.1 Å². The number of nitrogens with one attached hydrogen (secondary N) is 1. The Labute approximate surface area is 161 Å². The van der Waals surface area contributed by atoms with Crippen LogP contribution in [-0.4, -0.2) is 46.6 Å². The first-order chi connectivity index (χ1) is 13.3. The molecule has 4 rings (SSSR count). The van der Waals surface area contributed by atoms with Crippen molar-refractivity contribution in [2.24, 2.45) is 0 Å². The van der Waals surface area contributed by atoms with Crippen molar-refractivity contribution in [1.29, 1.82) is 0 Å². The molecule has 1 unspecified atom stereocenters. The Hall–Kier alpha value is -3.48. The summed E-state index contributed by atoms with van der Waals surface area (Å²) >= 11 is 0. The highest BCUT2D eigenvalue weighted by Gasteiger charge is 2.49. The Morgan fingerprint density at radius 3 is 1.93 bits per heavy atom. The van der Waals surface area contributed by atoms with Gasteiger partial charge in [0.15, 0.2) is 0 Å². The van der Waals surface area contributed by atoms with E-state index in [4.69, 9.17) is 0 Å². The average molecular weight is 377 g/mol. The molecule has 2 heterocycles. The van der Waals surface area contributed by atoms with E-state index < -0.39 is 29.3 Å². The van der Waals surface area contributed by atoms with Gasteiger partial charge in [-0.15, -0.1) is 0 Å². The predicted molar refractivity (Wildman–Crippen MR) is 101 cm³/mol. The second kappa shape index (κ2) is 6.30. The van der Waals surface area contributed by atoms with E-state index in [1.165, 1.54) is 0 Å². The highest BCUT2D eigenvalue weighted by molar-refractivity contribution is 6.21. The van der Waals surface area contributed by atoms with E-state index in [1.807, 2.05) is 19.1 Å². The Morgan fingerprint density at radius 2 is 1.36 bits per heavy atom. The lowest BCUT2D eigenvalue weighted by Gasteiger charge is -2.23. The number of nitrogens with zero attached hydrogens (tertiary/aromatic N) is 2. The monoisotopic (exact) mass is 377 g/mol. The molecule has 0 saturated carbocycles. The molecule has 7 heteroatoms. The van der Waals surface area contributed by atoms with Gasteiger partial charge in [-0.25, -0.2) is 4.79 Å². The van der Waals surface area contributed by atoms with E-state index in [9.17, 15) is 19.2 Å². The molecule has 0 aromatic heterocycles. The van der Waals surface area contributed by atoms with Crippen LogP contribution in [0.5, 0.6) is 0 Å². The van der Waals surface area contributed by atoms with Crippen LogP contribution in [0.3, 0.4) is 0 Å². The van der Waals surface area contributed by atoms with E-state index in [2.05, 4.69) is 5.32 Å². The Morgan fingerprint density at radius 1 is 0.821 bits per heavy atom. The van der Waals surface area contributed by atoms with Gasteiger partial charge >= 0.3 is 6.03 Å². The third-order valence-corrected chi connectivity index (χ3v) is 5.33. The van der Waals surface area contributed by atoms with Crippen LogP contribution in [0.15, 0.2) is 48.5 Å². The smallest absolute Gasteiger partial charge is 0.319 e. The summed E-state index contributed by atoms with van der Waals surface area (Å²) in [4.78, 5) is 52.4. The third kappa shape index (κ3) is 2.58. The summed E-state index contributed by atoms with van der Waals surface area (Å²) in [6.45, 7) is 3.49. The largest absolute Gasteiger partial charge is 0.325 e. The molecule has 2 aliphatic heterocycles. The van der Waals surface area contributed by atoms with Gasteiger partial charge in [-0.2, -0.15) is 0 Å². The highest BCUT2D eigenvalue weighted by atomic mass is 16.2. The lowest BCUT2D eigenvalue weighted by molar-refractivity contribution is -0.131. The molecule has 0 radical (unpaired) electrons. The van der Waals surface area contributed by atoms with Crippen molar-refractivity contribution < 1.29 is 19.2 Å². The lowest BCUT2D eigenvalue weighted by Crippen LogP contribution is -2.43. The zero-order chi connectivity index (χ0) is 20.1. The van der Waals surface area contributed by atoms with Crippen LogP contribution in [-0.2, 0) is 10.3 Å². The summed E-state index contributed by atoms with van der Waals surface area (Å²) in [7, 11) is 0. The van der Waals surface area contributed by atoms with E-state index in [0.717, 1.165) is 15.4 Å². The Kier molecular flexibility index (Phi) is 4.03. The van der Waals surface area contributed by atoms with Gasteiger partial charge in [0.25, 0.3) is 17.7 Å². The molecule has 0 aliphatic carbocycles. The van der Waals surface area contributed by atoms with E-state index in [-0.39, 0.29) is 13.1 Å². The quantitative estimate of drug-likeness (QED) is 0.653. The molecular weight excluding hydrogens is 358 g/mol. The van der Waals surface area contributed by atoms with E-state index >= 15 is 0 Å². The van der Waals surface area contributed by atoms with E-state index in [0.29, 0.717) is 16.7 Å². The molecule has 2 aliphatic rings. The second-order valence-corrected chi connectivity index (χ2v) is 7.19. The van der Waals surface area contributed by atoms with Crippen LogP contribution in [0.2, 0.25) is 0 Å². The molecule has 0 bridgehead atoms. The molecule has 2 aromatic rings. The molecule has 1 fully saturated rings. The molecular formula is C21H19N3O4. The fourth-order valence-corrected chi connectivity index (χ4v) is 3.62. The number of carbonyl (C=O) groups excluding carboxylic acids is 4. The molecule has 0 spiro atoms. The lowest BCUT2D eigenvalue weighted by atomic mass is 9.91. The first-order valence-corrected chi connectivity index (χ1v) is 8.99. The van der Waals surface area contributed by atoms with Crippen molar-refractivity contribution in [2.75, 3.05) is 13.1 Å². The number of urea groups is 1. The van der Waals surface area contributed by atoms with Crippen molar-refractivity contribution in [3.63, 3.8) is 0 Å². The molecule has 142 valence electrons. The van der Waals surface area contributed by atoms with Gasteiger partial charge in [0.2, 0.25) is 0 Å². The average Bonchev–Trinajstić information content (AvgIpc) is 3.06. The summed E-state index contributed by atoms with van der Waals surface area (Å²) < 4.78 is 0. The van der Waals surface area contributed by atoms with Crippen LogP contribution in [0.4, 0.5) is 4.79 Å². The number of hydrogen-bond donors (Lipinski definition) is 1. The van der Waals surface area contributed by atoms with Crippen LogP contribution in [0, 0.1) is 6.92 Å². The maximum Gasteiger partial charge on any atom is 0.325 e. The summed E-state index contributed by atoms with van der Waals surface area (Å²) in [5.41, 5.74) is 1.24. The molecule has 28 heavy (non-hydrogen) atoms. The molecule has 1 N–H and O–H groups in total. The van der Waals surface area contributed by atoms with Crippen molar-refractivity contribution >= 4 is 23.8 Å². The minimum absolute atomic E-state index is 0.0461. The SMILES string of the molecule is Cc1ccc(C2(C)NC(=O)N(CCN3C(=O)c4ccccc4C3=O)C2=O)cc1. The molecule has 1 atom stereocenters. The number of amides is 5. The maximum atomic E-state index is 13.0. The number of imide groups is 2. The second-order valence-electron chi connectivity index (χ2n) is 7.19. The zero-order valence-electron chi connectivity index (χ0n) is 15.6. The van der Waals surface area contributed by atoms with Crippen molar-refractivity contribution in [3.8, 4) is 0 Å². The first kappa shape index (κ1) is 17.9. The molecule has 7 nitrogen and oxygen atoms in total. The molecule has 2 aromatic carbocycles. The fourth-order valence-electron chi connectivity index (χ4n) is 3.62. The number of carbonyl (C=O) groups is 4.